The molecular formula is C17H30O2S. The van der Waals surface area contributed by atoms with Crippen LogP contribution in [0.5, 0.6) is 0 Å². The normalized spacial score (nSPS) is 15.7. The maximum Gasteiger partial charge on any atom is 0.122 e. The number of aliphatic hydroxyl groups excluding tert-OH is 1. The molecule has 0 rings (SSSR count). The summed E-state index contributed by atoms with van der Waals surface area (Å²) in [6, 6.07) is 0. The molecule has 0 aromatic rings. The van der Waals surface area contributed by atoms with Crippen molar-refractivity contribution in [1.82, 2.24) is 0 Å². The Morgan fingerprint density at radius 2 is 1.80 bits per heavy atom. The minimum absolute atomic E-state index is 0.0901. The largest absolute Gasteiger partial charge is 0.617 e. The van der Waals surface area contributed by atoms with Gasteiger partial charge in [-0.25, -0.2) is 0 Å². The van der Waals surface area contributed by atoms with E-state index in [1.807, 2.05) is 32.9 Å². The molecule has 2 nitrogen and oxygen atoms in total. The van der Waals surface area contributed by atoms with E-state index in [1.165, 1.54) is 0 Å². The summed E-state index contributed by atoms with van der Waals surface area (Å²) >= 11 is -0.777. The van der Waals surface area contributed by atoms with Crippen LogP contribution in [-0.4, -0.2) is 21.7 Å². The predicted octanol–water partition coefficient (Wildman–Crippen LogP) is 4.92. The summed E-state index contributed by atoms with van der Waals surface area (Å²) in [6.07, 6.45) is 7.31. The van der Waals surface area contributed by atoms with Crippen molar-refractivity contribution in [3.8, 4) is 0 Å². The molecule has 0 aliphatic carbocycles. The molecule has 0 amide bonds. The zero-order valence-corrected chi connectivity index (χ0v) is 14.9. The molecule has 0 fully saturated rings. The van der Waals surface area contributed by atoms with Crippen molar-refractivity contribution < 1.29 is 9.66 Å². The smallest absolute Gasteiger partial charge is 0.122 e. The van der Waals surface area contributed by atoms with Gasteiger partial charge in [-0.05, 0) is 50.2 Å². The lowest BCUT2D eigenvalue weighted by Crippen LogP contribution is -2.13. The molecule has 0 bridgehead atoms. The van der Waals surface area contributed by atoms with Crippen molar-refractivity contribution in [2.45, 2.75) is 54.4 Å². The molecule has 0 aliphatic rings. The lowest BCUT2D eigenvalue weighted by Gasteiger charge is -2.24. The van der Waals surface area contributed by atoms with E-state index in [4.69, 9.17) is 0 Å². The molecule has 116 valence electrons. The molecule has 0 aliphatic heterocycles. The van der Waals surface area contributed by atoms with E-state index in [1.54, 1.807) is 6.26 Å². The first-order valence-electron chi connectivity index (χ1n) is 7.13. The molecule has 20 heavy (non-hydrogen) atoms. The van der Waals surface area contributed by atoms with Crippen LogP contribution in [0.4, 0.5) is 0 Å². The van der Waals surface area contributed by atoms with E-state index in [9.17, 15) is 9.66 Å². The van der Waals surface area contributed by atoms with Gasteiger partial charge >= 0.3 is 0 Å². The highest BCUT2D eigenvalue weighted by Gasteiger charge is 2.21. The minimum Gasteiger partial charge on any atom is -0.617 e. The topological polar surface area (TPSA) is 43.3 Å². The number of hydrogen-bond donors (Lipinski definition) is 1. The second-order valence-electron chi connectivity index (χ2n) is 6.43. The summed E-state index contributed by atoms with van der Waals surface area (Å²) < 4.78 is 11.2. The van der Waals surface area contributed by atoms with Gasteiger partial charge in [0.15, 0.2) is 0 Å². The van der Waals surface area contributed by atoms with Gasteiger partial charge < -0.3 is 9.66 Å². The quantitative estimate of drug-likeness (QED) is 0.430. The van der Waals surface area contributed by atoms with Gasteiger partial charge in [-0.15, -0.1) is 0 Å². The van der Waals surface area contributed by atoms with Crippen LogP contribution in [0.3, 0.4) is 0 Å². The molecule has 0 spiro atoms. The molecule has 1 atom stereocenters. The van der Waals surface area contributed by atoms with E-state index < -0.39 is 11.2 Å². The van der Waals surface area contributed by atoms with Crippen molar-refractivity contribution in [1.29, 1.82) is 0 Å². The Hall–Kier alpha value is -0.670. The molecule has 0 heterocycles. The Morgan fingerprint density at radius 3 is 2.15 bits per heavy atom. The fourth-order valence-electron chi connectivity index (χ4n) is 2.17. The molecule has 1 N–H and O–H groups in total. The van der Waals surface area contributed by atoms with Gasteiger partial charge in [0.05, 0.1) is 6.26 Å². The molecule has 0 aromatic heterocycles. The Kier molecular flexibility index (Phi) is 8.29. The highest BCUT2D eigenvalue weighted by Crippen LogP contribution is 2.33. The van der Waals surface area contributed by atoms with Crippen LogP contribution in [0.15, 0.2) is 34.6 Å². The maximum absolute atomic E-state index is 11.2. The summed E-state index contributed by atoms with van der Waals surface area (Å²) in [5, 5.41) is 10.6. The van der Waals surface area contributed by atoms with Crippen LogP contribution >= 0.6 is 0 Å². The van der Waals surface area contributed by atoms with E-state index in [-0.39, 0.29) is 5.41 Å². The molecule has 0 saturated carbocycles. The van der Waals surface area contributed by atoms with Crippen LogP contribution in [-0.2, 0) is 11.2 Å². The summed E-state index contributed by atoms with van der Waals surface area (Å²) in [7, 11) is 0. The Labute approximate surface area is 127 Å². The third kappa shape index (κ3) is 7.20. The van der Waals surface area contributed by atoms with Gasteiger partial charge in [-0.3, -0.25) is 0 Å². The number of hydrogen-bond acceptors (Lipinski definition) is 2. The molecule has 3 heteroatoms. The molecule has 0 radical (unpaired) electrons. The van der Waals surface area contributed by atoms with Crippen molar-refractivity contribution in [2.24, 2.45) is 5.41 Å². The molecule has 1 unspecified atom stereocenters. The van der Waals surface area contributed by atoms with Crippen molar-refractivity contribution in [2.75, 3.05) is 12.0 Å². The van der Waals surface area contributed by atoms with Gasteiger partial charge in [0.2, 0.25) is 0 Å². The fraction of sp³-hybridized carbons (Fsp3) is 0.647. The first-order chi connectivity index (χ1) is 9.09. The summed E-state index contributed by atoms with van der Waals surface area (Å²) in [5.41, 5.74) is 2.97. The zero-order valence-electron chi connectivity index (χ0n) is 14.0. The summed E-state index contributed by atoms with van der Waals surface area (Å²) in [6.45, 7) is 12.3. The van der Waals surface area contributed by atoms with Gasteiger partial charge in [-0.1, -0.05) is 49.7 Å². The highest BCUT2D eigenvalue weighted by molar-refractivity contribution is 7.90. The van der Waals surface area contributed by atoms with Crippen LogP contribution < -0.4 is 0 Å². The first-order valence-corrected chi connectivity index (χ1v) is 8.86. The standard InChI is InChI=1S/C17H30O2S/c1-8-15(17(4,5)6)16(18)14(12-13(2)3)10-9-11-20(7)19/h8,12,18H,9-11H2,1-7H3/b15-8+,16-14+. The summed E-state index contributed by atoms with van der Waals surface area (Å²) in [5.74, 6) is 1.05. The third-order valence-electron chi connectivity index (χ3n) is 3.00. The van der Waals surface area contributed by atoms with Crippen LogP contribution in [0.25, 0.3) is 0 Å². The monoisotopic (exact) mass is 298 g/mol. The van der Waals surface area contributed by atoms with Crippen LogP contribution in [0.2, 0.25) is 0 Å². The van der Waals surface area contributed by atoms with Gasteiger partial charge in [0.1, 0.15) is 11.5 Å². The second-order valence-corrected chi connectivity index (χ2v) is 7.98. The molecular weight excluding hydrogens is 268 g/mol. The molecule has 0 aromatic carbocycles. The van der Waals surface area contributed by atoms with E-state index >= 15 is 0 Å². The SMILES string of the molecule is C/C=C(\C(O)=C(/C=C(C)C)CCC[S+](C)[O-])C(C)(C)C. The Balaban J connectivity index is 5.36. The second kappa shape index (κ2) is 8.58. The maximum atomic E-state index is 11.2. The number of aliphatic hydroxyl groups is 1. The summed E-state index contributed by atoms with van der Waals surface area (Å²) in [4.78, 5) is 0. The van der Waals surface area contributed by atoms with Crippen LogP contribution in [0.1, 0.15) is 54.4 Å². The minimum atomic E-state index is -0.777. The average molecular weight is 298 g/mol. The fourth-order valence-corrected chi connectivity index (χ4v) is 2.72. The Bertz CT molecular complexity index is 392. The van der Waals surface area contributed by atoms with E-state index in [2.05, 4.69) is 20.8 Å². The zero-order chi connectivity index (χ0) is 15.9. The lowest BCUT2D eigenvalue weighted by molar-refractivity contribution is 0.372. The van der Waals surface area contributed by atoms with Gasteiger partial charge in [0, 0.05) is 0 Å². The van der Waals surface area contributed by atoms with Gasteiger partial charge in [-0.2, -0.15) is 0 Å². The third-order valence-corrected chi connectivity index (χ3v) is 3.86. The number of allylic oxidation sites excluding steroid dienone is 5. The first kappa shape index (κ1) is 19.3. The van der Waals surface area contributed by atoms with Crippen molar-refractivity contribution in [3.63, 3.8) is 0 Å². The van der Waals surface area contributed by atoms with Crippen molar-refractivity contribution >= 4 is 11.2 Å². The lowest BCUT2D eigenvalue weighted by atomic mass is 9.83. The highest BCUT2D eigenvalue weighted by atomic mass is 32.2. The molecule has 0 saturated heterocycles. The number of rotatable bonds is 6. The van der Waals surface area contributed by atoms with Gasteiger partial charge in [0.25, 0.3) is 0 Å². The predicted molar refractivity (Wildman–Crippen MR) is 90.5 cm³/mol. The van der Waals surface area contributed by atoms with E-state index in [0.29, 0.717) is 11.5 Å². The van der Waals surface area contributed by atoms with Crippen molar-refractivity contribution in [3.05, 3.63) is 34.6 Å². The van der Waals surface area contributed by atoms with E-state index in [0.717, 1.165) is 29.6 Å². The Morgan fingerprint density at radius 1 is 1.25 bits per heavy atom. The van der Waals surface area contributed by atoms with Crippen LogP contribution in [0, 0.1) is 5.41 Å². The average Bonchev–Trinajstić information content (AvgIpc) is 2.25.